The second kappa shape index (κ2) is 6.41. The van der Waals surface area contributed by atoms with Crippen molar-refractivity contribution in [2.24, 2.45) is 5.92 Å². The average molecular weight is 326 g/mol. The van der Waals surface area contributed by atoms with Gasteiger partial charge in [-0.1, -0.05) is 13.8 Å². The molecule has 2 rings (SSSR count). The third-order valence-electron chi connectivity index (χ3n) is 2.37. The maximum Gasteiger partial charge on any atom is 0.143 e. The lowest BCUT2D eigenvalue weighted by molar-refractivity contribution is 0.554. The lowest BCUT2D eigenvalue weighted by Crippen LogP contribution is -2.18. The molecule has 2 aromatic rings. The van der Waals surface area contributed by atoms with Gasteiger partial charge in [-0.15, -0.1) is 11.3 Å². The number of halogens is 1. The first-order valence-corrected chi connectivity index (χ1v) is 7.54. The number of hydrogen-bond acceptors (Lipinski definition) is 4. The lowest BCUT2D eigenvalue weighted by Gasteiger charge is -2.04. The highest BCUT2D eigenvalue weighted by molar-refractivity contribution is 9.10. The molecule has 0 saturated heterocycles. The first kappa shape index (κ1) is 13.6. The highest BCUT2D eigenvalue weighted by Crippen LogP contribution is 2.29. The third-order valence-corrected chi connectivity index (χ3v) is 4.01. The van der Waals surface area contributed by atoms with E-state index in [0.29, 0.717) is 5.92 Å². The van der Waals surface area contributed by atoms with Crippen LogP contribution in [0.1, 0.15) is 18.7 Å². The Morgan fingerprint density at radius 3 is 2.94 bits per heavy atom. The van der Waals surface area contributed by atoms with Crippen molar-refractivity contribution in [2.45, 2.75) is 20.4 Å². The van der Waals surface area contributed by atoms with Crippen molar-refractivity contribution in [1.82, 2.24) is 15.3 Å². The van der Waals surface area contributed by atoms with Gasteiger partial charge in [-0.2, -0.15) is 0 Å². The predicted molar refractivity (Wildman–Crippen MR) is 79.6 cm³/mol. The molecule has 0 bridgehead atoms. The van der Waals surface area contributed by atoms with Crippen LogP contribution >= 0.6 is 27.3 Å². The van der Waals surface area contributed by atoms with Crippen LogP contribution in [-0.2, 0) is 6.54 Å². The minimum absolute atomic E-state index is 0.669. The van der Waals surface area contributed by atoms with Gasteiger partial charge in [-0.25, -0.2) is 4.98 Å². The zero-order chi connectivity index (χ0) is 13.0. The maximum atomic E-state index is 4.43. The Kier molecular flexibility index (Phi) is 4.86. The SMILES string of the molecule is CC(C)CNCc1cnc(-c2ncccc2Br)s1. The van der Waals surface area contributed by atoms with Crippen LogP contribution in [0.5, 0.6) is 0 Å². The smallest absolute Gasteiger partial charge is 0.143 e. The molecule has 0 aliphatic carbocycles. The molecule has 0 aliphatic heterocycles. The molecule has 0 aliphatic rings. The number of thiazole rings is 1. The van der Waals surface area contributed by atoms with Crippen LogP contribution in [0.3, 0.4) is 0 Å². The highest BCUT2D eigenvalue weighted by Gasteiger charge is 2.09. The van der Waals surface area contributed by atoms with Gasteiger partial charge in [0.15, 0.2) is 0 Å². The van der Waals surface area contributed by atoms with Gasteiger partial charge in [0.05, 0.1) is 0 Å². The van der Waals surface area contributed by atoms with Gasteiger partial charge in [0.1, 0.15) is 10.7 Å². The molecule has 18 heavy (non-hydrogen) atoms. The van der Waals surface area contributed by atoms with Gasteiger partial charge in [0.2, 0.25) is 0 Å². The van der Waals surface area contributed by atoms with Crippen LogP contribution in [0.25, 0.3) is 10.7 Å². The Bertz CT molecular complexity index is 510. The molecule has 0 amide bonds. The third kappa shape index (κ3) is 3.60. The second-order valence-electron chi connectivity index (χ2n) is 4.49. The minimum atomic E-state index is 0.669. The van der Waals surface area contributed by atoms with Crippen molar-refractivity contribution in [2.75, 3.05) is 6.54 Å². The summed E-state index contributed by atoms with van der Waals surface area (Å²) in [5.74, 6) is 0.669. The van der Waals surface area contributed by atoms with Crippen LogP contribution < -0.4 is 5.32 Å². The lowest BCUT2D eigenvalue weighted by atomic mass is 10.2. The van der Waals surface area contributed by atoms with Gasteiger partial charge >= 0.3 is 0 Å². The summed E-state index contributed by atoms with van der Waals surface area (Å²) in [4.78, 5) is 10.0. The molecule has 2 aromatic heterocycles. The van der Waals surface area contributed by atoms with E-state index in [9.17, 15) is 0 Å². The van der Waals surface area contributed by atoms with Crippen LogP contribution in [0.4, 0.5) is 0 Å². The molecule has 0 aromatic carbocycles. The topological polar surface area (TPSA) is 37.8 Å². The van der Waals surface area contributed by atoms with E-state index in [4.69, 9.17) is 0 Å². The molecular weight excluding hydrogens is 310 g/mol. The van der Waals surface area contributed by atoms with E-state index in [2.05, 4.69) is 45.1 Å². The highest BCUT2D eigenvalue weighted by atomic mass is 79.9. The van der Waals surface area contributed by atoms with Gasteiger partial charge in [0, 0.05) is 28.3 Å². The first-order chi connectivity index (χ1) is 8.66. The van der Waals surface area contributed by atoms with Crippen molar-refractivity contribution in [3.63, 3.8) is 0 Å². The standard InChI is InChI=1S/C13H16BrN3S/c1-9(2)6-15-7-10-8-17-13(18-10)12-11(14)4-3-5-16-12/h3-5,8-9,15H,6-7H2,1-2H3. The van der Waals surface area contributed by atoms with E-state index in [0.717, 1.165) is 28.3 Å². The zero-order valence-corrected chi connectivity index (χ0v) is 12.9. The number of hydrogen-bond donors (Lipinski definition) is 1. The maximum absolute atomic E-state index is 4.43. The van der Waals surface area contributed by atoms with Crippen molar-refractivity contribution in [1.29, 1.82) is 0 Å². The van der Waals surface area contributed by atoms with Crippen molar-refractivity contribution in [3.05, 3.63) is 33.9 Å². The van der Waals surface area contributed by atoms with Crippen molar-refractivity contribution >= 4 is 27.3 Å². The molecule has 0 saturated carbocycles. The van der Waals surface area contributed by atoms with Crippen molar-refractivity contribution in [3.8, 4) is 10.7 Å². The summed E-state index contributed by atoms with van der Waals surface area (Å²) < 4.78 is 0.987. The summed E-state index contributed by atoms with van der Waals surface area (Å²) >= 11 is 5.19. The zero-order valence-electron chi connectivity index (χ0n) is 10.5. The summed E-state index contributed by atoms with van der Waals surface area (Å²) in [6.07, 6.45) is 3.71. The molecule has 1 N–H and O–H groups in total. The molecule has 5 heteroatoms. The fourth-order valence-corrected chi connectivity index (χ4v) is 2.99. The molecule has 0 unspecified atom stereocenters. The molecule has 96 valence electrons. The quantitative estimate of drug-likeness (QED) is 0.910. The Morgan fingerprint density at radius 1 is 1.39 bits per heavy atom. The number of aromatic nitrogens is 2. The number of pyridine rings is 1. The Hall–Kier alpha value is -0.780. The summed E-state index contributed by atoms with van der Waals surface area (Å²) in [5, 5.41) is 4.38. The molecule has 2 heterocycles. The van der Waals surface area contributed by atoms with Gasteiger partial charge in [-0.05, 0) is 40.5 Å². The molecule has 3 nitrogen and oxygen atoms in total. The molecular formula is C13H16BrN3S. The van der Waals surface area contributed by atoms with Crippen LogP contribution in [-0.4, -0.2) is 16.5 Å². The summed E-state index contributed by atoms with van der Waals surface area (Å²) in [6, 6.07) is 3.90. The summed E-state index contributed by atoms with van der Waals surface area (Å²) in [7, 11) is 0. The van der Waals surface area contributed by atoms with E-state index in [1.807, 2.05) is 18.3 Å². The Balaban J connectivity index is 2.04. The fourth-order valence-electron chi connectivity index (χ4n) is 1.53. The van der Waals surface area contributed by atoms with Gasteiger partial charge in [-0.3, -0.25) is 4.98 Å². The minimum Gasteiger partial charge on any atom is -0.312 e. The van der Waals surface area contributed by atoms with Crippen LogP contribution in [0.15, 0.2) is 29.0 Å². The average Bonchev–Trinajstić information content (AvgIpc) is 2.78. The summed E-state index contributed by atoms with van der Waals surface area (Å²) in [5.41, 5.74) is 0.914. The normalized spacial score (nSPS) is 11.1. The first-order valence-electron chi connectivity index (χ1n) is 5.93. The van der Waals surface area contributed by atoms with E-state index < -0.39 is 0 Å². The van der Waals surface area contributed by atoms with Gasteiger partial charge in [0.25, 0.3) is 0 Å². The summed E-state index contributed by atoms with van der Waals surface area (Å²) in [6.45, 7) is 6.31. The van der Waals surface area contributed by atoms with Gasteiger partial charge < -0.3 is 5.32 Å². The molecule has 0 fully saturated rings. The Labute approximate surface area is 120 Å². The Morgan fingerprint density at radius 2 is 2.22 bits per heavy atom. The monoisotopic (exact) mass is 325 g/mol. The van der Waals surface area contributed by atoms with E-state index in [1.54, 1.807) is 17.5 Å². The second-order valence-corrected chi connectivity index (χ2v) is 6.46. The largest absolute Gasteiger partial charge is 0.312 e. The molecule has 0 atom stereocenters. The van der Waals surface area contributed by atoms with Crippen molar-refractivity contribution < 1.29 is 0 Å². The van der Waals surface area contributed by atoms with E-state index in [-0.39, 0.29) is 0 Å². The van der Waals surface area contributed by atoms with E-state index in [1.165, 1.54) is 4.88 Å². The van der Waals surface area contributed by atoms with Crippen LogP contribution in [0, 0.1) is 5.92 Å². The van der Waals surface area contributed by atoms with Crippen LogP contribution in [0.2, 0.25) is 0 Å². The van der Waals surface area contributed by atoms with E-state index >= 15 is 0 Å². The number of nitrogens with one attached hydrogen (secondary N) is 1. The molecule has 0 radical (unpaired) electrons. The predicted octanol–water partition coefficient (Wildman–Crippen LogP) is 3.71. The number of rotatable bonds is 5. The number of nitrogens with zero attached hydrogens (tertiary/aromatic N) is 2. The molecule has 0 spiro atoms. The fraction of sp³-hybridized carbons (Fsp3) is 0.385.